The van der Waals surface area contributed by atoms with Crippen LogP contribution in [0.15, 0.2) is 24.5 Å². The van der Waals surface area contributed by atoms with Gasteiger partial charge in [-0.1, -0.05) is 19.9 Å². The SMILES string of the molecule is CCC(=O)N(CCO)CCN(CC1CCN(C)C1c1cccnc1)C(=O)CC. The fourth-order valence-electron chi connectivity index (χ4n) is 4.07. The molecule has 2 unspecified atom stereocenters. The zero-order valence-corrected chi connectivity index (χ0v) is 17.4. The Kier molecular flexibility index (Phi) is 8.86. The highest BCUT2D eigenvalue weighted by Gasteiger charge is 2.35. The van der Waals surface area contributed by atoms with E-state index in [1.54, 1.807) is 11.1 Å². The van der Waals surface area contributed by atoms with Gasteiger partial charge in [0.15, 0.2) is 0 Å². The molecule has 7 nitrogen and oxygen atoms in total. The van der Waals surface area contributed by atoms with E-state index in [9.17, 15) is 14.7 Å². The molecule has 1 saturated heterocycles. The topological polar surface area (TPSA) is 77.0 Å². The molecule has 2 heterocycles. The number of aliphatic hydroxyl groups is 1. The Morgan fingerprint density at radius 1 is 1.18 bits per heavy atom. The molecule has 1 aliphatic heterocycles. The van der Waals surface area contributed by atoms with Crippen molar-refractivity contribution in [2.45, 2.75) is 39.2 Å². The van der Waals surface area contributed by atoms with E-state index in [0.717, 1.165) is 13.0 Å². The molecule has 156 valence electrons. The second kappa shape index (κ2) is 11.1. The van der Waals surface area contributed by atoms with Crippen molar-refractivity contribution in [3.63, 3.8) is 0 Å². The third kappa shape index (κ3) is 5.75. The van der Waals surface area contributed by atoms with Gasteiger partial charge in [0.2, 0.25) is 11.8 Å². The number of carbonyl (C=O) groups excluding carboxylic acids is 2. The lowest BCUT2D eigenvalue weighted by Crippen LogP contribution is -2.44. The van der Waals surface area contributed by atoms with Crippen LogP contribution < -0.4 is 0 Å². The smallest absolute Gasteiger partial charge is 0.222 e. The maximum absolute atomic E-state index is 12.6. The van der Waals surface area contributed by atoms with Crippen LogP contribution in [0.4, 0.5) is 0 Å². The molecule has 0 spiro atoms. The quantitative estimate of drug-likeness (QED) is 0.656. The summed E-state index contributed by atoms with van der Waals surface area (Å²) in [5.74, 6) is 0.442. The number of hydrogen-bond acceptors (Lipinski definition) is 5. The third-order valence-electron chi connectivity index (χ3n) is 5.57. The standard InChI is InChI=1S/C21H34N4O3/c1-4-19(27)24(13-14-26)11-12-25(20(28)5-2)16-18-8-10-23(3)21(18)17-7-6-9-22-15-17/h6-7,9,15,18,21,26H,4-5,8,10-14,16H2,1-3H3. The summed E-state index contributed by atoms with van der Waals surface area (Å²) in [5.41, 5.74) is 1.18. The third-order valence-corrected chi connectivity index (χ3v) is 5.57. The van der Waals surface area contributed by atoms with Gasteiger partial charge in [-0.05, 0) is 37.6 Å². The molecular weight excluding hydrogens is 356 g/mol. The largest absolute Gasteiger partial charge is 0.395 e. The number of likely N-dealkylation sites (tertiary alicyclic amines) is 1. The first-order valence-corrected chi connectivity index (χ1v) is 10.3. The molecule has 0 bridgehead atoms. The highest BCUT2D eigenvalue weighted by atomic mass is 16.3. The van der Waals surface area contributed by atoms with Crippen LogP contribution in [-0.2, 0) is 9.59 Å². The summed E-state index contributed by atoms with van der Waals surface area (Å²) in [5, 5.41) is 9.24. The van der Waals surface area contributed by atoms with Crippen LogP contribution in [0.3, 0.4) is 0 Å². The maximum Gasteiger partial charge on any atom is 0.222 e. The van der Waals surface area contributed by atoms with E-state index < -0.39 is 0 Å². The number of aliphatic hydroxyl groups excluding tert-OH is 1. The zero-order valence-electron chi connectivity index (χ0n) is 17.4. The predicted octanol–water partition coefficient (Wildman–Crippen LogP) is 1.54. The van der Waals surface area contributed by atoms with Gasteiger partial charge in [-0.2, -0.15) is 0 Å². The molecule has 0 aliphatic carbocycles. The molecule has 28 heavy (non-hydrogen) atoms. The van der Waals surface area contributed by atoms with E-state index in [0.29, 0.717) is 44.9 Å². The van der Waals surface area contributed by atoms with Crippen molar-refractivity contribution < 1.29 is 14.7 Å². The maximum atomic E-state index is 12.6. The van der Waals surface area contributed by atoms with Crippen molar-refractivity contribution in [3.05, 3.63) is 30.1 Å². The van der Waals surface area contributed by atoms with E-state index in [-0.39, 0.29) is 24.5 Å². The average Bonchev–Trinajstić information content (AvgIpc) is 3.09. The van der Waals surface area contributed by atoms with E-state index in [1.165, 1.54) is 5.56 Å². The summed E-state index contributed by atoms with van der Waals surface area (Å²) in [6.45, 7) is 6.55. The van der Waals surface area contributed by atoms with Crippen molar-refractivity contribution in [1.29, 1.82) is 0 Å². The lowest BCUT2D eigenvalue weighted by molar-refractivity contribution is -0.135. The molecule has 0 aromatic carbocycles. The van der Waals surface area contributed by atoms with Gasteiger partial charge in [-0.3, -0.25) is 19.5 Å². The molecule has 0 saturated carbocycles. The number of rotatable bonds is 10. The van der Waals surface area contributed by atoms with Crippen LogP contribution in [0, 0.1) is 5.92 Å². The lowest BCUT2D eigenvalue weighted by atomic mass is 9.94. The van der Waals surface area contributed by atoms with E-state index in [2.05, 4.69) is 23.0 Å². The van der Waals surface area contributed by atoms with Crippen LogP contribution in [0.1, 0.15) is 44.7 Å². The molecule has 1 fully saturated rings. The Hall–Kier alpha value is -1.99. The molecule has 1 N–H and O–H groups in total. The number of hydrogen-bond donors (Lipinski definition) is 1. The van der Waals surface area contributed by atoms with Gasteiger partial charge < -0.3 is 14.9 Å². The molecular formula is C21H34N4O3. The van der Waals surface area contributed by atoms with Gasteiger partial charge in [0.25, 0.3) is 0 Å². The Morgan fingerprint density at radius 2 is 1.86 bits per heavy atom. The van der Waals surface area contributed by atoms with Gasteiger partial charge in [0, 0.05) is 57.5 Å². The second-order valence-corrected chi connectivity index (χ2v) is 7.41. The van der Waals surface area contributed by atoms with Gasteiger partial charge in [-0.15, -0.1) is 0 Å². The first-order chi connectivity index (χ1) is 13.5. The summed E-state index contributed by atoms with van der Waals surface area (Å²) in [4.78, 5) is 34.8. The van der Waals surface area contributed by atoms with E-state index in [1.807, 2.05) is 31.0 Å². The summed E-state index contributed by atoms with van der Waals surface area (Å²) in [7, 11) is 2.12. The number of aromatic nitrogens is 1. The molecule has 7 heteroatoms. The fraction of sp³-hybridized carbons (Fsp3) is 0.667. The molecule has 2 atom stereocenters. The van der Waals surface area contributed by atoms with Crippen molar-refractivity contribution in [1.82, 2.24) is 19.7 Å². The number of amides is 2. The summed E-state index contributed by atoms with van der Waals surface area (Å²) >= 11 is 0. The molecule has 0 radical (unpaired) electrons. The minimum Gasteiger partial charge on any atom is -0.395 e. The van der Waals surface area contributed by atoms with Crippen molar-refractivity contribution in [2.24, 2.45) is 5.92 Å². The Balaban J connectivity index is 2.08. The first-order valence-electron chi connectivity index (χ1n) is 10.3. The molecule has 1 aromatic heterocycles. The van der Waals surface area contributed by atoms with Gasteiger partial charge in [0.05, 0.1) is 6.61 Å². The second-order valence-electron chi connectivity index (χ2n) is 7.41. The normalized spacial score (nSPS) is 19.6. The molecule has 1 aromatic rings. The summed E-state index contributed by atoms with van der Waals surface area (Å²) in [6.07, 6.45) is 5.56. The Labute approximate surface area is 168 Å². The van der Waals surface area contributed by atoms with Crippen LogP contribution in [0.25, 0.3) is 0 Å². The van der Waals surface area contributed by atoms with Crippen LogP contribution >= 0.6 is 0 Å². The highest BCUT2D eigenvalue weighted by Crippen LogP contribution is 2.36. The lowest BCUT2D eigenvalue weighted by Gasteiger charge is -2.32. The summed E-state index contributed by atoms with van der Waals surface area (Å²) < 4.78 is 0. The first kappa shape index (κ1) is 22.3. The van der Waals surface area contributed by atoms with Gasteiger partial charge >= 0.3 is 0 Å². The van der Waals surface area contributed by atoms with Crippen molar-refractivity contribution in [2.75, 3.05) is 46.4 Å². The number of carbonyl (C=O) groups is 2. The van der Waals surface area contributed by atoms with Gasteiger partial charge in [-0.25, -0.2) is 0 Å². The monoisotopic (exact) mass is 390 g/mol. The van der Waals surface area contributed by atoms with Crippen LogP contribution in [0.2, 0.25) is 0 Å². The Bertz CT molecular complexity index is 625. The molecule has 1 aliphatic rings. The van der Waals surface area contributed by atoms with Crippen molar-refractivity contribution >= 4 is 11.8 Å². The van der Waals surface area contributed by atoms with Crippen LogP contribution in [-0.4, -0.2) is 83.0 Å². The zero-order chi connectivity index (χ0) is 20.5. The fourth-order valence-corrected chi connectivity index (χ4v) is 4.07. The van der Waals surface area contributed by atoms with E-state index >= 15 is 0 Å². The average molecular weight is 391 g/mol. The highest BCUT2D eigenvalue weighted by molar-refractivity contribution is 5.77. The van der Waals surface area contributed by atoms with Gasteiger partial charge in [0.1, 0.15) is 0 Å². The Morgan fingerprint density at radius 3 is 2.46 bits per heavy atom. The molecule has 2 amide bonds. The number of nitrogens with zero attached hydrogens (tertiary/aromatic N) is 4. The predicted molar refractivity (Wildman–Crippen MR) is 109 cm³/mol. The van der Waals surface area contributed by atoms with Crippen LogP contribution in [0.5, 0.6) is 0 Å². The number of pyridine rings is 1. The van der Waals surface area contributed by atoms with Crippen molar-refractivity contribution in [3.8, 4) is 0 Å². The van der Waals surface area contributed by atoms with E-state index in [4.69, 9.17) is 0 Å². The summed E-state index contributed by atoms with van der Waals surface area (Å²) in [6, 6.07) is 4.30. The minimum atomic E-state index is -0.0655. The minimum absolute atomic E-state index is 0.00628. The molecule has 2 rings (SSSR count).